The SMILES string of the molecule is CCCCCCc1cc2cc(-c3nc(-c4ccc(-n5ccnc5)cc4)cs3)c(=O)oc2cc1O. The Morgan fingerprint density at radius 3 is 2.71 bits per heavy atom. The number of hydrogen-bond donors (Lipinski definition) is 1. The van der Waals surface area contributed by atoms with Gasteiger partial charge in [-0.25, -0.2) is 14.8 Å². The quantitative estimate of drug-likeness (QED) is 0.204. The molecule has 5 rings (SSSR count). The van der Waals surface area contributed by atoms with E-state index in [2.05, 4.69) is 11.9 Å². The van der Waals surface area contributed by atoms with Crippen molar-refractivity contribution in [3.63, 3.8) is 0 Å². The number of aromatic nitrogens is 3. The van der Waals surface area contributed by atoms with Gasteiger partial charge < -0.3 is 14.1 Å². The normalized spacial score (nSPS) is 11.3. The van der Waals surface area contributed by atoms with Crippen LogP contribution in [0.15, 0.2) is 75.8 Å². The van der Waals surface area contributed by atoms with Crippen LogP contribution in [0, 0.1) is 0 Å². The largest absolute Gasteiger partial charge is 0.508 e. The molecule has 0 fully saturated rings. The molecule has 6 nitrogen and oxygen atoms in total. The van der Waals surface area contributed by atoms with Gasteiger partial charge >= 0.3 is 5.63 Å². The summed E-state index contributed by atoms with van der Waals surface area (Å²) in [6.45, 7) is 2.18. The number of imidazole rings is 1. The van der Waals surface area contributed by atoms with Gasteiger partial charge in [0.2, 0.25) is 0 Å². The van der Waals surface area contributed by atoms with Gasteiger partial charge in [0.15, 0.2) is 0 Å². The van der Waals surface area contributed by atoms with Crippen LogP contribution in [0.3, 0.4) is 0 Å². The summed E-state index contributed by atoms with van der Waals surface area (Å²) in [4.78, 5) is 21.5. The number of nitrogens with zero attached hydrogens (tertiary/aromatic N) is 3. The first-order chi connectivity index (χ1) is 16.6. The molecule has 2 aromatic carbocycles. The van der Waals surface area contributed by atoms with Crippen molar-refractivity contribution in [3.05, 3.63) is 82.5 Å². The molecule has 0 bridgehead atoms. The first kappa shape index (κ1) is 22.1. The molecule has 0 aliphatic rings. The first-order valence-electron chi connectivity index (χ1n) is 11.5. The molecule has 0 atom stereocenters. The third-order valence-corrected chi connectivity index (χ3v) is 6.81. The molecule has 172 valence electrons. The lowest BCUT2D eigenvalue weighted by Crippen LogP contribution is -2.03. The van der Waals surface area contributed by atoms with Gasteiger partial charge in [-0.2, -0.15) is 0 Å². The highest BCUT2D eigenvalue weighted by molar-refractivity contribution is 7.13. The van der Waals surface area contributed by atoms with Crippen molar-refractivity contribution in [2.75, 3.05) is 0 Å². The van der Waals surface area contributed by atoms with E-state index in [1.807, 2.05) is 52.5 Å². The highest BCUT2D eigenvalue weighted by Crippen LogP contribution is 2.31. The van der Waals surface area contributed by atoms with Crippen molar-refractivity contribution in [2.24, 2.45) is 0 Å². The average Bonchev–Trinajstić information content (AvgIpc) is 3.55. The van der Waals surface area contributed by atoms with Crippen LogP contribution in [0.1, 0.15) is 38.2 Å². The fourth-order valence-corrected chi connectivity index (χ4v) is 4.87. The molecule has 34 heavy (non-hydrogen) atoms. The van der Waals surface area contributed by atoms with Crippen molar-refractivity contribution in [1.29, 1.82) is 0 Å². The van der Waals surface area contributed by atoms with Gasteiger partial charge in [0.25, 0.3) is 0 Å². The maximum absolute atomic E-state index is 12.7. The first-order valence-corrected chi connectivity index (χ1v) is 12.3. The Hall–Kier alpha value is -3.71. The molecule has 0 aliphatic heterocycles. The van der Waals surface area contributed by atoms with Crippen LogP contribution in [0.4, 0.5) is 0 Å². The topological polar surface area (TPSA) is 81.2 Å². The van der Waals surface area contributed by atoms with Crippen molar-refractivity contribution in [3.8, 4) is 33.3 Å². The summed E-state index contributed by atoms with van der Waals surface area (Å²) in [6.07, 6.45) is 10.7. The van der Waals surface area contributed by atoms with Crippen LogP contribution in [0.2, 0.25) is 0 Å². The lowest BCUT2D eigenvalue weighted by Gasteiger charge is -2.07. The van der Waals surface area contributed by atoms with Crippen molar-refractivity contribution in [1.82, 2.24) is 14.5 Å². The summed E-state index contributed by atoms with van der Waals surface area (Å²) in [5.74, 6) is 0.176. The van der Waals surface area contributed by atoms with Gasteiger partial charge in [0.1, 0.15) is 16.3 Å². The molecular formula is C27H25N3O3S. The Bertz CT molecular complexity index is 1470. The molecule has 0 saturated heterocycles. The summed E-state index contributed by atoms with van der Waals surface area (Å²) in [5.41, 5.74) is 4.02. The predicted molar refractivity (Wildman–Crippen MR) is 136 cm³/mol. The van der Waals surface area contributed by atoms with E-state index in [-0.39, 0.29) is 5.75 Å². The number of rotatable bonds is 8. The summed E-state index contributed by atoms with van der Waals surface area (Å²) in [5, 5.41) is 13.7. The van der Waals surface area contributed by atoms with E-state index in [0.29, 0.717) is 16.2 Å². The van der Waals surface area contributed by atoms with Gasteiger partial charge in [0, 0.05) is 40.5 Å². The Kier molecular flexibility index (Phi) is 6.27. The van der Waals surface area contributed by atoms with E-state index in [4.69, 9.17) is 9.40 Å². The number of thiazole rings is 1. The molecular weight excluding hydrogens is 446 g/mol. The molecule has 0 aliphatic carbocycles. The fourth-order valence-electron chi connectivity index (χ4n) is 4.04. The number of benzene rings is 2. The molecule has 3 heterocycles. The van der Waals surface area contributed by atoms with Gasteiger partial charge in [-0.3, -0.25) is 0 Å². The number of phenols is 1. The number of aromatic hydroxyl groups is 1. The van der Waals surface area contributed by atoms with Gasteiger partial charge in [-0.1, -0.05) is 38.3 Å². The Morgan fingerprint density at radius 1 is 1.09 bits per heavy atom. The minimum absolute atomic E-state index is 0.176. The Labute approximate surface area is 201 Å². The minimum Gasteiger partial charge on any atom is -0.508 e. The van der Waals surface area contributed by atoms with Gasteiger partial charge in [-0.15, -0.1) is 11.3 Å². The molecule has 5 aromatic rings. The van der Waals surface area contributed by atoms with Gasteiger partial charge in [0.05, 0.1) is 17.6 Å². The monoisotopic (exact) mass is 471 g/mol. The molecule has 0 saturated carbocycles. The lowest BCUT2D eigenvalue weighted by atomic mass is 10.0. The van der Waals surface area contributed by atoms with Crippen molar-refractivity contribution < 1.29 is 9.52 Å². The second kappa shape index (κ2) is 9.65. The van der Waals surface area contributed by atoms with E-state index in [9.17, 15) is 9.90 Å². The zero-order valence-electron chi connectivity index (χ0n) is 18.9. The number of fused-ring (bicyclic) bond motifs is 1. The van der Waals surface area contributed by atoms with Crippen molar-refractivity contribution >= 4 is 22.3 Å². The van der Waals surface area contributed by atoms with Crippen LogP contribution in [0.5, 0.6) is 5.75 Å². The zero-order valence-corrected chi connectivity index (χ0v) is 19.7. The smallest absolute Gasteiger partial charge is 0.346 e. The number of hydrogen-bond acceptors (Lipinski definition) is 6. The minimum atomic E-state index is -0.459. The summed E-state index contributed by atoms with van der Waals surface area (Å²) < 4.78 is 7.48. The summed E-state index contributed by atoms with van der Waals surface area (Å²) >= 11 is 1.41. The van der Waals surface area contributed by atoms with Crippen LogP contribution in [-0.2, 0) is 6.42 Å². The Balaban J connectivity index is 1.43. The molecule has 0 unspecified atom stereocenters. The highest BCUT2D eigenvalue weighted by atomic mass is 32.1. The molecule has 0 amide bonds. The van der Waals surface area contributed by atoms with Crippen LogP contribution < -0.4 is 5.63 Å². The molecule has 1 N–H and O–H groups in total. The molecule has 3 aromatic heterocycles. The zero-order chi connectivity index (χ0) is 23.5. The maximum atomic E-state index is 12.7. The van der Waals surface area contributed by atoms with Crippen LogP contribution >= 0.6 is 11.3 Å². The maximum Gasteiger partial charge on any atom is 0.346 e. The van der Waals surface area contributed by atoms with Gasteiger partial charge in [-0.05, 0) is 42.7 Å². The van der Waals surface area contributed by atoms with Crippen LogP contribution in [-0.4, -0.2) is 19.6 Å². The van der Waals surface area contributed by atoms with E-state index in [1.54, 1.807) is 18.6 Å². The number of unbranched alkanes of at least 4 members (excludes halogenated alkanes) is 3. The third kappa shape index (κ3) is 4.52. The highest BCUT2D eigenvalue weighted by Gasteiger charge is 2.15. The Morgan fingerprint density at radius 2 is 1.94 bits per heavy atom. The number of phenolic OH excluding ortho intramolecular Hbond substituents is 1. The van der Waals surface area contributed by atoms with Crippen molar-refractivity contribution in [2.45, 2.75) is 39.0 Å². The van der Waals surface area contributed by atoms with E-state index in [0.717, 1.165) is 47.2 Å². The second-order valence-electron chi connectivity index (χ2n) is 8.33. The summed E-state index contributed by atoms with van der Waals surface area (Å²) in [7, 11) is 0. The standard InChI is InChI=1S/C27H25N3O3S/c1-2-3-4-5-6-19-13-20-14-22(27(32)33-25(20)15-24(19)31)26-29-23(16-34-26)18-7-9-21(10-8-18)30-12-11-28-17-30/h7-17,31H,2-6H2,1H3. The molecule has 0 spiro atoms. The third-order valence-electron chi connectivity index (χ3n) is 5.93. The van der Waals surface area contributed by atoms with Crippen LogP contribution in [0.25, 0.3) is 38.5 Å². The van der Waals surface area contributed by atoms with E-state index in [1.165, 1.54) is 24.2 Å². The predicted octanol–water partition coefficient (Wildman–Crippen LogP) is 6.60. The lowest BCUT2D eigenvalue weighted by molar-refractivity contribution is 0.464. The second-order valence-corrected chi connectivity index (χ2v) is 9.19. The molecule has 0 radical (unpaired) electrons. The summed E-state index contributed by atoms with van der Waals surface area (Å²) in [6, 6.07) is 13.3. The fraction of sp³-hybridized carbons (Fsp3) is 0.222. The van der Waals surface area contributed by atoms with E-state index >= 15 is 0 Å². The average molecular weight is 472 g/mol. The number of aryl methyl sites for hydroxylation is 1. The molecule has 7 heteroatoms. The van der Waals surface area contributed by atoms with E-state index < -0.39 is 5.63 Å².